The number of carboxylic acid groups (broad SMARTS) is 1. The predicted molar refractivity (Wildman–Crippen MR) is 79.8 cm³/mol. The average molecular weight is 309 g/mol. The maximum Gasteiger partial charge on any atom is 0.303 e. The van der Waals surface area contributed by atoms with Crippen molar-refractivity contribution in [3.05, 3.63) is 11.8 Å². The quantitative estimate of drug-likeness (QED) is 0.314. The van der Waals surface area contributed by atoms with E-state index in [-0.39, 0.29) is 18.1 Å². The number of rotatable bonds is 10. The van der Waals surface area contributed by atoms with Crippen LogP contribution in [0.1, 0.15) is 38.5 Å². The number of ether oxygens (including phenoxy) is 1. The molecule has 1 aliphatic rings. The lowest BCUT2D eigenvalue weighted by atomic mass is 10.2. The zero-order valence-corrected chi connectivity index (χ0v) is 12.6. The Hall–Kier alpha value is -2.07. The van der Waals surface area contributed by atoms with Crippen molar-refractivity contribution >= 4 is 11.9 Å². The van der Waals surface area contributed by atoms with E-state index in [1.54, 1.807) is 0 Å². The summed E-state index contributed by atoms with van der Waals surface area (Å²) in [5.74, 6) is -1.20. The molecule has 122 valence electrons. The highest BCUT2D eigenvalue weighted by Gasteiger charge is 2.17. The third kappa shape index (κ3) is 7.64. The van der Waals surface area contributed by atoms with Crippen molar-refractivity contribution in [3.63, 3.8) is 0 Å². The van der Waals surface area contributed by atoms with Crippen molar-refractivity contribution < 1.29 is 19.4 Å². The van der Waals surface area contributed by atoms with E-state index >= 15 is 0 Å². The van der Waals surface area contributed by atoms with Crippen LogP contribution in [0.3, 0.4) is 0 Å². The van der Waals surface area contributed by atoms with E-state index in [1.807, 2.05) is 6.07 Å². The van der Waals surface area contributed by atoms with Gasteiger partial charge in [-0.15, -0.1) is 0 Å². The van der Waals surface area contributed by atoms with Crippen LogP contribution in [0.5, 0.6) is 0 Å². The molecule has 7 nitrogen and oxygen atoms in total. The summed E-state index contributed by atoms with van der Waals surface area (Å²) in [5, 5.41) is 23.1. The Kier molecular flexibility index (Phi) is 8.69. The van der Waals surface area contributed by atoms with Crippen LogP contribution in [-0.4, -0.2) is 42.8 Å². The van der Waals surface area contributed by atoms with Crippen LogP contribution in [0, 0.1) is 11.3 Å². The van der Waals surface area contributed by atoms with E-state index < -0.39 is 11.9 Å². The van der Waals surface area contributed by atoms with Crippen LogP contribution < -0.4 is 10.6 Å². The molecule has 1 aliphatic heterocycles. The molecule has 0 bridgehead atoms. The number of hydrogen-bond donors (Lipinski definition) is 3. The number of nitrogens with one attached hydrogen (secondary N) is 2. The fraction of sp³-hybridized carbons (Fsp3) is 0.667. The average Bonchev–Trinajstić information content (AvgIpc) is 3.01. The Morgan fingerprint density at radius 3 is 2.82 bits per heavy atom. The van der Waals surface area contributed by atoms with Crippen molar-refractivity contribution in [2.45, 2.75) is 44.6 Å². The third-order valence-corrected chi connectivity index (χ3v) is 3.34. The Morgan fingerprint density at radius 1 is 1.36 bits per heavy atom. The van der Waals surface area contributed by atoms with E-state index in [2.05, 4.69) is 10.6 Å². The zero-order chi connectivity index (χ0) is 16.2. The molecule has 1 atom stereocenters. The van der Waals surface area contributed by atoms with Crippen LogP contribution in [0.15, 0.2) is 11.8 Å². The van der Waals surface area contributed by atoms with Gasteiger partial charge in [0.05, 0.1) is 6.10 Å². The number of carboxylic acids is 1. The number of nitriles is 1. The van der Waals surface area contributed by atoms with E-state index in [1.165, 1.54) is 6.20 Å². The normalized spacial score (nSPS) is 17.8. The molecule has 0 aromatic rings. The summed E-state index contributed by atoms with van der Waals surface area (Å²) >= 11 is 0. The minimum absolute atomic E-state index is 0.0310. The molecule has 0 aliphatic carbocycles. The number of nitrogens with zero attached hydrogens (tertiary/aromatic N) is 1. The predicted octanol–water partition coefficient (Wildman–Crippen LogP) is 0.924. The van der Waals surface area contributed by atoms with Gasteiger partial charge in [-0.25, -0.2) is 0 Å². The third-order valence-electron chi connectivity index (χ3n) is 3.34. The van der Waals surface area contributed by atoms with Gasteiger partial charge in [0.2, 0.25) is 0 Å². The Bertz CT molecular complexity index is 437. The molecule has 22 heavy (non-hydrogen) atoms. The van der Waals surface area contributed by atoms with Crippen molar-refractivity contribution in [1.29, 1.82) is 5.26 Å². The van der Waals surface area contributed by atoms with E-state index in [4.69, 9.17) is 15.1 Å². The number of amides is 1. The molecule has 0 aromatic heterocycles. The van der Waals surface area contributed by atoms with Gasteiger partial charge in [0, 0.05) is 32.3 Å². The molecule has 1 unspecified atom stereocenters. The molecule has 0 aromatic carbocycles. The Labute approximate surface area is 130 Å². The molecule has 1 fully saturated rings. The van der Waals surface area contributed by atoms with Gasteiger partial charge in [-0.1, -0.05) is 6.42 Å². The lowest BCUT2D eigenvalue weighted by Gasteiger charge is -2.10. The number of unbranched alkanes of at least 4 members (excludes halogenated alkanes) is 2. The summed E-state index contributed by atoms with van der Waals surface area (Å²) in [6.45, 7) is 1.75. The highest BCUT2D eigenvalue weighted by atomic mass is 16.5. The molecule has 1 heterocycles. The maximum absolute atomic E-state index is 11.8. The summed E-state index contributed by atoms with van der Waals surface area (Å²) in [7, 11) is 0. The Balaban J connectivity index is 2.17. The summed E-state index contributed by atoms with van der Waals surface area (Å²) in [5.41, 5.74) is 0.0310. The summed E-state index contributed by atoms with van der Waals surface area (Å²) in [6, 6.07) is 1.86. The van der Waals surface area contributed by atoms with E-state index in [9.17, 15) is 9.59 Å². The SMILES string of the molecule is N#C/C(=C/NCCCCCC(=O)O)C(=O)NCC1CCCO1. The number of aliphatic carboxylic acids is 1. The van der Waals surface area contributed by atoms with Crippen LogP contribution in [0.2, 0.25) is 0 Å². The Morgan fingerprint density at radius 2 is 2.18 bits per heavy atom. The molecule has 1 amide bonds. The molecule has 0 spiro atoms. The first-order chi connectivity index (χ1) is 10.6. The fourth-order valence-corrected chi connectivity index (χ4v) is 2.11. The minimum Gasteiger partial charge on any atom is -0.481 e. The topological polar surface area (TPSA) is 111 Å². The van der Waals surface area contributed by atoms with Gasteiger partial charge in [-0.2, -0.15) is 5.26 Å². The fourth-order valence-electron chi connectivity index (χ4n) is 2.11. The number of hydrogen-bond acceptors (Lipinski definition) is 5. The molecule has 1 rings (SSSR count). The summed E-state index contributed by atoms with van der Waals surface area (Å²) in [6.07, 6.45) is 5.78. The molecule has 7 heteroatoms. The van der Waals surface area contributed by atoms with Crippen LogP contribution in [-0.2, 0) is 14.3 Å². The summed E-state index contributed by atoms with van der Waals surface area (Å²) in [4.78, 5) is 22.1. The molecule has 3 N–H and O–H groups in total. The van der Waals surface area contributed by atoms with Gasteiger partial charge >= 0.3 is 5.97 Å². The molecule has 0 saturated carbocycles. The lowest BCUT2D eigenvalue weighted by Crippen LogP contribution is -2.33. The maximum atomic E-state index is 11.8. The minimum atomic E-state index is -0.789. The van der Waals surface area contributed by atoms with Crippen LogP contribution in [0.25, 0.3) is 0 Å². The van der Waals surface area contributed by atoms with Crippen LogP contribution >= 0.6 is 0 Å². The van der Waals surface area contributed by atoms with Gasteiger partial charge in [0.15, 0.2) is 0 Å². The van der Waals surface area contributed by atoms with E-state index in [0.29, 0.717) is 19.5 Å². The first-order valence-electron chi connectivity index (χ1n) is 7.58. The second kappa shape index (κ2) is 10.6. The zero-order valence-electron chi connectivity index (χ0n) is 12.6. The van der Waals surface area contributed by atoms with Crippen LogP contribution in [0.4, 0.5) is 0 Å². The monoisotopic (exact) mass is 309 g/mol. The molecule has 0 radical (unpaired) electrons. The smallest absolute Gasteiger partial charge is 0.303 e. The largest absolute Gasteiger partial charge is 0.481 e. The molecular weight excluding hydrogens is 286 g/mol. The first kappa shape index (κ1) is 18.0. The number of carbonyl (C=O) groups excluding carboxylic acids is 1. The van der Waals surface area contributed by atoms with Crippen molar-refractivity contribution in [2.75, 3.05) is 19.7 Å². The molecular formula is C15H23N3O4. The van der Waals surface area contributed by atoms with Gasteiger partial charge in [-0.3, -0.25) is 9.59 Å². The highest BCUT2D eigenvalue weighted by Crippen LogP contribution is 2.10. The standard InChI is InChI=1S/C15H23N3O4/c16-9-12(10-17-7-3-1-2-6-14(19)20)15(21)18-11-13-5-4-8-22-13/h10,13,17H,1-8,11H2,(H,18,21)(H,19,20)/b12-10-. The van der Waals surface area contributed by atoms with Gasteiger partial charge in [0.25, 0.3) is 5.91 Å². The lowest BCUT2D eigenvalue weighted by molar-refractivity contribution is -0.137. The summed E-state index contributed by atoms with van der Waals surface area (Å²) < 4.78 is 5.40. The molecule has 1 saturated heterocycles. The first-order valence-corrected chi connectivity index (χ1v) is 7.58. The van der Waals surface area contributed by atoms with Gasteiger partial charge in [-0.05, 0) is 25.7 Å². The second-order valence-corrected chi connectivity index (χ2v) is 5.17. The highest BCUT2D eigenvalue weighted by molar-refractivity contribution is 5.97. The number of carbonyl (C=O) groups is 2. The van der Waals surface area contributed by atoms with E-state index in [0.717, 1.165) is 32.3 Å². The van der Waals surface area contributed by atoms with Gasteiger partial charge in [0.1, 0.15) is 11.6 Å². The van der Waals surface area contributed by atoms with Gasteiger partial charge < -0.3 is 20.5 Å². The van der Waals surface area contributed by atoms with Crippen molar-refractivity contribution in [3.8, 4) is 6.07 Å². The second-order valence-electron chi connectivity index (χ2n) is 5.17. The van der Waals surface area contributed by atoms with Crippen molar-refractivity contribution in [2.24, 2.45) is 0 Å². The van der Waals surface area contributed by atoms with Crippen molar-refractivity contribution in [1.82, 2.24) is 10.6 Å².